The Morgan fingerprint density at radius 3 is 2.21 bits per heavy atom. The van der Waals surface area contributed by atoms with Crippen molar-refractivity contribution in [2.45, 2.75) is 82.4 Å². The number of aliphatic hydroxyl groups is 3. The van der Waals surface area contributed by atoms with E-state index in [9.17, 15) is 39.3 Å². The van der Waals surface area contributed by atoms with Crippen LogP contribution < -0.4 is 21.7 Å². The van der Waals surface area contributed by atoms with Crippen LogP contribution in [0.3, 0.4) is 0 Å². The first-order chi connectivity index (χ1) is 15.8. The number of carboxylic acid groups (broad SMARTS) is 1. The van der Waals surface area contributed by atoms with Gasteiger partial charge in [-0.1, -0.05) is 0 Å². The van der Waals surface area contributed by atoms with E-state index >= 15 is 0 Å². The Bertz CT molecular complexity index is 765. The van der Waals surface area contributed by atoms with Gasteiger partial charge in [0.15, 0.2) is 6.29 Å². The predicted octanol–water partition coefficient (Wildman–Crippen LogP) is -4.33. The lowest BCUT2D eigenvalue weighted by Gasteiger charge is -2.43. The van der Waals surface area contributed by atoms with Gasteiger partial charge >= 0.3 is 5.97 Å². The Kier molecular flexibility index (Phi) is 11.3. The van der Waals surface area contributed by atoms with Crippen molar-refractivity contribution in [3.63, 3.8) is 0 Å². The van der Waals surface area contributed by atoms with Crippen LogP contribution in [0.4, 0.5) is 0 Å². The van der Waals surface area contributed by atoms with Gasteiger partial charge in [-0.05, 0) is 20.3 Å². The van der Waals surface area contributed by atoms with E-state index in [1.165, 1.54) is 13.8 Å². The first kappa shape index (κ1) is 29.2. The molecular formula is C19H32N4O11. The summed E-state index contributed by atoms with van der Waals surface area (Å²) >= 11 is 0. The smallest absolute Gasteiger partial charge is 0.303 e. The van der Waals surface area contributed by atoms with Crippen molar-refractivity contribution in [1.29, 1.82) is 0 Å². The highest BCUT2D eigenvalue weighted by atomic mass is 16.6. The number of carbonyl (C=O) groups is 5. The second-order valence-electron chi connectivity index (χ2n) is 7.83. The molecule has 15 nitrogen and oxygen atoms in total. The number of aliphatic hydroxyl groups excluding tert-OH is 3. The monoisotopic (exact) mass is 492 g/mol. The summed E-state index contributed by atoms with van der Waals surface area (Å²) < 4.78 is 10.6. The van der Waals surface area contributed by atoms with Crippen LogP contribution in [-0.4, -0.2) is 105 Å². The number of aliphatic carboxylic acids is 1. The highest BCUT2D eigenvalue weighted by Gasteiger charge is 2.47. The number of carbonyl (C=O) groups excluding carboxylic acids is 4. The molecule has 15 heteroatoms. The first-order valence-corrected chi connectivity index (χ1v) is 10.4. The fourth-order valence-corrected chi connectivity index (χ4v) is 3.18. The molecule has 0 bridgehead atoms. The van der Waals surface area contributed by atoms with Crippen LogP contribution in [0, 0.1) is 0 Å². The number of nitrogens with one attached hydrogen (secondary N) is 3. The number of amides is 4. The second kappa shape index (κ2) is 13.1. The lowest BCUT2D eigenvalue weighted by molar-refractivity contribution is -0.266. The van der Waals surface area contributed by atoms with E-state index in [1.807, 2.05) is 0 Å². The van der Waals surface area contributed by atoms with Crippen molar-refractivity contribution >= 4 is 29.6 Å². The number of primary amides is 1. The minimum absolute atomic E-state index is 0.239. The van der Waals surface area contributed by atoms with Crippen molar-refractivity contribution in [2.75, 3.05) is 6.61 Å². The molecule has 0 aromatic heterocycles. The maximum Gasteiger partial charge on any atom is 0.303 e. The quantitative estimate of drug-likeness (QED) is 0.129. The maximum absolute atomic E-state index is 12.5. The van der Waals surface area contributed by atoms with Gasteiger partial charge in [-0.15, -0.1) is 0 Å². The molecule has 1 aliphatic heterocycles. The molecule has 1 saturated heterocycles. The van der Waals surface area contributed by atoms with Gasteiger partial charge in [0.1, 0.15) is 42.5 Å². The number of rotatable bonds is 12. The van der Waals surface area contributed by atoms with E-state index in [0.717, 1.165) is 6.92 Å². The van der Waals surface area contributed by atoms with Gasteiger partial charge in [-0.2, -0.15) is 0 Å². The van der Waals surface area contributed by atoms with Crippen LogP contribution >= 0.6 is 0 Å². The zero-order chi connectivity index (χ0) is 26.2. The topological polar surface area (TPSA) is 247 Å². The predicted molar refractivity (Wildman–Crippen MR) is 112 cm³/mol. The number of nitrogens with two attached hydrogens (primary N) is 1. The molecule has 0 spiro atoms. The van der Waals surface area contributed by atoms with Gasteiger partial charge < -0.3 is 51.6 Å². The van der Waals surface area contributed by atoms with Crippen LogP contribution in [0.1, 0.15) is 33.6 Å². The largest absolute Gasteiger partial charge is 0.481 e. The summed E-state index contributed by atoms with van der Waals surface area (Å²) in [4.78, 5) is 58.4. The van der Waals surface area contributed by atoms with Crippen LogP contribution in [0.25, 0.3) is 0 Å². The van der Waals surface area contributed by atoms with E-state index < -0.39 is 91.5 Å². The van der Waals surface area contributed by atoms with Gasteiger partial charge in [-0.3, -0.25) is 24.0 Å². The van der Waals surface area contributed by atoms with Gasteiger partial charge in [-0.25, -0.2) is 0 Å². The van der Waals surface area contributed by atoms with E-state index in [2.05, 4.69) is 16.0 Å². The number of ether oxygens (including phenoxy) is 2. The summed E-state index contributed by atoms with van der Waals surface area (Å²) in [6.07, 6.45) is -7.74. The highest BCUT2D eigenvalue weighted by molar-refractivity contribution is 5.92. The lowest BCUT2D eigenvalue weighted by Crippen LogP contribution is -2.65. The summed E-state index contributed by atoms with van der Waals surface area (Å²) in [7, 11) is 0. The van der Waals surface area contributed by atoms with Gasteiger partial charge in [0.2, 0.25) is 23.6 Å². The van der Waals surface area contributed by atoms with E-state index in [4.69, 9.17) is 20.3 Å². The third-order valence-corrected chi connectivity index (χ3v) is 5.03. The van der Waals surface area contributed by atoms with E-state index in [1.54, 1.807) is 0 Å². The average Bonchev–Trinajstić information content (AvgIpc) is 2.74. The van der Waals surface area contributed by atoms with E-state index in [-0.39, 0.29) is 6.42 Å². The summed E-state index contributed by atoms with van der Waals surface area (Å²) in [6, 6.07) is -3.71. The number of carboxylic acids is 1. The van der Waals surface area contributed by atoms with Gasteiger partial charge in [0.25, 0.3) is 0 Å². The first-order valence-electron chi connectivity index (χ1n) is 10.4. The average molecular weight is 492 g/mol. The summed E-state index contributed by atoms with van der Waals surface area (Å²) in [5, 5.41) is 45.5. The molecule has 4 unspecified atom stereocenters. The summed E-state index contributed by atoms with van der Waals surface area (Å²) in [5.74, 6) is -4.34. The zero-order valence-electron chi connectivity index (χ0n) is 19.0. The molecular weight excluding hydrogens is 460 g/mol. The molecule has 0 radical (unpaired) electrons. The summed E-state index contributed by atoms with van der Waals surface area (Å²) in [5.41, 5.74) is 5.16. The molecule has 8 atom stereocenters. The lowest BCUT2D eigenvalue weighted by atomic mass is 9.96. The Morgan fingerprint density at radius 2 is 1.71 bits per heavy atom. The van der Waals surface area contributed by atoms with Crippen molar-refractivity contribution in [3.8, 4) is 0 Å². The Morgan fingerprint density at radius 1 is 1.09 bits per heavy atom. The fourth-order valence-electron chi connectivity index (χ4n) is 3.18. The molecule has 0 saturated carbocycles. The van der Waals surface area contributed by atoms with Gasteiger partial charge in [0.05, 0.1) is 6.61 Å². The third kappa shape index (κ3) is 8.49. The van der Waals surface area contributed by atoms with Crippen molar-refractivity contribution < 1.29 is 53.9 Å². The zero-order valence-corrected chi connectivity index (χ0v) is 19.0. The van der Waals surface area contributed by atoms with Crippen LogP contribution in [0.5, 0.6) is 0 Å². The Balaban J connectivity index is 2.80. The minimum Gasteiger partial charge on any atom is -0.481 e. The molecule has 9 N–H and O–H groups in total. The van der Waals surface area contributed by atoms with Crippen molar-refractivity contribution in [1.82, 2.24) is 16.0 Å². The molecule has 1 rings (SSSR count). The number of hydrogen-bond acceptors (Lipinski definition) is 10. The number of hydrogen-bond donors (Lipinski definition) is 8. The molecule has 1 fully saturated rings. The third-order valence-electron chi connectivity index (χ3n) is 5.03. The summed E-state index contributed by atoms with van der Waals surface area (Å²) in [6.45, 7) is 3.06. The SMILES string of the molecule is CC(=O)N[C@H]1C(O)O[C@H](CO)[C@@H](O)[C@@H]1OC(C)C(=O)NC(C)C(=O)NC(CCC(=O)O)C(N)=O. The Hall–Kier alpha value is -2.85. The maximum atomic E-state index is 12.5. The van der Waals surface area contributed by atoms with Gasteiger partial charge in [0, 0.05) is 13.3 Å². The molecule has 1 heterocycles. The molecule has 0 aromatic carbocycles. The standard InChI is InChI=1S/C19H32N4O11/c1-7(17(30)23-10(16(20)29)4-5-12(26)27)21-18(31)8(2)33-15-13(22-9(3)25)19(32)34-11(6-24)14(15)28/h7-8,10-11,13-15,19,24,28,32H,4-6H2,1-3H3,(H2,20,29)(H,21,31)(H,22,25)(H,23,30)(H,26,27)/t7?,8?,10?,11-,13-,14-,15-,19?/m1/s1. The normalized spacial score (nSPS) is 27.1. The highest BCUT2D eigenvalue weighted by Crippen LogP contribution is 2.23. The molecule has 34 heavy (non-hydrogen) atoms. The fraction of sp³-hybridized carbons (Fsp3) is 0.737. The molecule has 4 amide bonds. The molecule has 0 aliphatic carbocycles. The molecule has 0 aromatic rings. The second-order valence-corrected chi connectivity index (χ2v) is 7.83. The van der Waals surface area contributed by atoms with Crippen LogP contribution in [-0.2, 0) is 33.4 Å². The van der Waals surface area contributed by atoms with Crippen LogP contribution in [0.15, 0.2) is 0 Å². The van der Waals surface area contributed by atoms with Crippen molar-refractivity contribution in [3.05, 3.63) is 0 Å². The van der Waals surface area contributed by atoms with Crippen molar-refractivity contribution in [2.24, 2.45) is 5.73 Å². The van der Waals surface area contributed by atoms with E-state index in [0.29, 0.717) is 0 Å². The molecule has 1 aliphatic rings. The minimum atomic E-state index is -1.65. The Labute approximate surface area is 195 Å². The van der Waals surface area contributed by atoms with Crippen LogP contribution in [0.2, 0.25) is 0 Å². The molecule has 194 valence electrons.